The lowest BCUT2D eigenvalue weighted by atomic mass is 9.75. The molecule has 2 bridgehead atoms. The molecule has 25 heavy (non-hydrogen) atoms. The van der Waals surface area contributed by atoms with Crippen molar-refractivity contribution in [3.63, 3.8) is 0 Å². The van der Waals surface area contributed by atoms with Gasteiger partial charge in [-0.15, -0.1) is 0 Å². The number of aliphatic hydroxyl groups is 1. The van der Waals surface area contributed by atoms with E-state index in [0.29, 0.717) is 18.8 Å². The molecule has 0 spiro atoms. The van der Waals surface area contributed by atoms with Gasteiger partial charge < -0.3 is 10.8 Å². The second-order valence-corrected chi connectivity index (χ2v) is 7.12. The summed E-state index contributed by atoms with van der Waals surface area (Å²) >= 11 is 0. The molecule has 0 saturated carbocycles. The van der Waals surface area contributed by atoms with Crippen molar-refractivity contribution in [1.82, 2.24) is 9.88 Å². The van der Waals surface area contributed by atoms with Gasteiger partial charge in [0.15, 0.2) is 0 Å². The molecule has 1 aromatic heterocycles. The van der Waals surface area contributed by atoms with E-state index in [2.05, 4.69) is 33.9 Å². The second-order valence-electron chi connectivity index (χ2n) is 7.12. The Bertz CT molecular complexity index is 816. The number of fused-ring (bicyclic) bond motifs is 3. The number of hydrogen-bond acceptors (Lipinski definition) is 4. The van der Waals surface area contributed by atoms with Crippen LogP contribution in [-0.4, -0.2) is 40.2 Å². The summed E-state index contributed by atoms with van der Waals surface area (Å²) in [6, 6.07) is 13.9. The van der Waals surface area contributed by atoms with E-state index in [0.717, 1.165) is 37.2 Å². The molecule has 4 heterocycles. The first kappa shape index (κ1) is 16.1. The molecule has 1 unspecified atom stereocenters. The fourth-order valence-electron chi connectivity index (χ4n) is 3.91. The second kappa shape index (κ2) is 6.51. The van der Waals surface area contributed by atoms with Gasteiger partial charge in [-0.2, -0.15) is 0 Å². The molecule has 128 valence electrons. The number of nitrogens with zero attached hydrogens (tertiary/aromatic N) is 2. The Morgan fingerprint density at radius 2 is 1.92 bits per heavy atom. The first-order valence-corrected chi connectivity index (χ1v) is 8.90. The highest BCUT2D eigenvalue weighted by Crippen LogP contribution is 2.35. The van der Waals surface area contributed by atoms with Crippen molar-refractivity contribution >= 4 is 5.82 Å². The summed E-state index contributed by atoms with van der Waals surface area (Å²) in [4.78, 5) is 6.79. The maximum atomic E-state index is 11.0. The quantitative estimate of drug-likeness (QED) is 0.826. The number of aromatic nitrogens is 1. The van der Waals surface area contributed by atoms with E-state index in [9.17, 15) is 5.11 Å². The van der Waals surface area contributed by atoms with E-state index in [1.807, 2.05) is 24.3 Å². The molecule has 3 aliphatic heterocycles. The summed E-state index contributed by atoms with van der Waals surface area (Å²) in [5.74, 6) is 7.17. The van der Waals surface area contributed by atoms with E-state index >= 15 is 0 Å². The van der Waals surface area contributed by atoms with Gasteiger partial charge in [0, 0.05) is 24.4 Å². The highest BCUT2D eigenvalue weighted by atomic mass is 16.3. The minimum atomic E-state index is -0.901. The lowest BCUT2D eigenvalue weighted by molar-refractivity contribution is -0.0713. The average Bonchev–Trinajstić information content (AvgIpc) is 2.63. The highest BCUT2D eigenvalue weighted by Gasteiger charge is 2.44. The van der Waals surface area contributed by atoms with Crippen molar-refractivity contribution in [3.05, 3.63) is 59.3 Å². The third-order valence-electron chi connectivity index (χ3n) is 5.35. The first-order valence-electron chi connectivity index (χ1n) is 8.90. The molecule has 3 saturated heterocycles. The number of pyridine rings is 1. The summed E-state index contributed by atoms with van der Waals surface area (Å²) in [5, 5.41) is 11.0. The maximum absolute atomic E-state index is 11.0. The number of benzene rings is 1. The molecular weight excluding hydrogens is 310 g/mol. The molecule has 5 rings (SSSR count). The first-order chi connectivity index (χ1) is 12.1. The molecule has 4 heteroatoms. The zero-order chi connectivity index (χ0) is 17.3. The molecule has 0 aliphatic carbocycles. The van der Waals surface area contributed by atoms with Gasteiger partial charge in [0.25, 0.3) is 0 Å². The fourth-order valence-corrected chi connectivity index (χ4v) is 3.91. The predicted molar refractivity (Wildman–Crippen MR) is 98.9 cm³/mol. The Hall–Kier alpha value is -2.35. The van der Waals surface area contributed by atoms with Gasteiger partial charge in [-0.05, 0) is 43.6 Å². The van der Waals surface area contributed by atoms with Crippen molar-refractivity contribution in [2.45, 2.75) is 24.9 Å². The Morgan fingerprint density at radius 3 is 2.60 bits per heavy atom. The number of hydrogen-bond donors (Lipinski definition) is 2. The van der Waals surface area contributed by atoms with Crippen LogP contribution in [0.15, 0.2) is 42.5 Å². The molecular formula is C21H23N3O. The van der Waals surface area contributed by atoms with Crippen molar-refractivity contribution in [1.29, 1.82) is 0 Å². The SMILES string of the molecule is Nc1ccc(C#CC2(O)CN3CCC2CC3)c(Cc2ccccc2)n1. The molecule has 3 N–H and O–H groups in total. The van der Waals surface area contributed by atoms with Crippen LogP contribution in [0, 0.1) is 17.8 Å². The predicted octanol–water partition coefficient (Wildman–Crippen LogP) is 2.06. The zero-order valence-corrected chi connectivity index (χ0v) is 14.3. The van der Waals surface area contributed by atoms with Gasteiger partial charge in [0.1, 0.15) is 11.4 Å². The van der Waals surface area contributed by atoms with Crippen LogP contribution in [0.1, 0.15) is 29.7 Å². The van der Waals surface area contributed by atoms with Gasteiger partial charge in [-0.1, -0.05) is 42.2 Å². The number of rotatable bonds is 2. The van der Waals surface area contributed by atoms with Crippen LogP contribution >= 0.6 is 0 Å². The molecule has 3 aliphatic rings. The Morgan fingerprint density at radius 1 is 1.16 bits per heavy atom. The monoisotopic (exact) mass is 333 g/mol. The van der Waals surface area contributed by atoms with E-state index < -0.39 is 5.60 Å². The topological polar surface area (TPSA) is 62.4 Å². The smallest absolute Gasteiger partial charge is 0.141 e. The van der Waals surface area contributed by atoms with Crippen LogP contribution in [0.4, 0.5) is 5.82 Å². The lowest BCUT2D eigenvalue weighted by Gasteiger charge is -2.47. The molecule has 3 fully saturated rings. The Labute approximate surface area is 148 Å². The molecule has 2 aromatic rings. The molecule has 4 nitrogen and oxygen atoms in total. The van der Waals surface area contributed by atoms with Crippen molar-refractivity contribution < 1.29 is 5.11 Å². The standard InChI is InChI=1S/C21H23N3O/c22-20-7-6-17(19(23-20)14-16-4-2-1-3-5-16)8-11-21(25)15-24-12-9-18(21)10-13-24/h1-7,18,25H,9-10,12-15H2,(H2,22,23). The van der Waals surface area contributed by atoms with E-state index in [1.165, 1.54) is 5.56 Å². The fraction of sp³-hybridized carbons (Fsp3) is 0.381. The van der Waals surface area contributed by atoms with Crippen molar-refractivity contribution in [2.75, 3.05) is 25.4 Å². The zero-order valence-electron chi connectivity index (χ0n) is 14.3. The largest absolute Gasteiger partial charge is 0.384 e. The van der Waals surface area contributed by atoms with Crippen molar-refractivity contribution in [2.24, 2.45) is 5.92 Å². The Balaban J connectivity index is 1.63. The Kier molecular flexibility index (Phi) is 4.20. The van der Waals surface area contributed by atoms with Crippen LogP contribution in [0.3, 0.4) is 0 Å². The third-order valence-corrected chi connectivity index (χ3v) is 5.35. The molecule has 0 amide bonds. The van der Waals surface area contributed by atoms with E-state index in [1.54, 1.807) is 6.07 Å². The minimum Gasteiger partial charge on any atom is -0.384 e. The van der Waals surface area contributed by atoms with E-state index in [-0.39, 0.29) is 5.92 Å². The summed E-state index contributed by atoms with van der Waals surface area (Å²) < 4.78 is 0. The van der Waals surface area contributed by atoms with Crippen LogP contribution in [0.25, 0.3) is 0 Å². The maximum Gasteiger partial charge on any atom is 0.141 e. The van der Waals surface area contributed by atoms with Gasteiger partial charge in [0.05, 0.1) is 5.69 Å². The summed E-state index contributed by atoms with van der Waals surface area (Å²) in [5.41, 5.74) is 7.87. The summed E-state index contributed by atoms with van der Waals surface area (Å²) in [7, 11) is 0. The molecule has 1 atom stereocenters. The number of nitrogens with two attached hydrogens (primary N) is 1. The summed E-state index contributed by atoms with van der Waals surface area (Å²) in [6.45, 7) is 2.82. The molecule has 1 aromatic carbocycles. The van der Waals surface area contributed by atoms with Gasteiger partial charge in [-0.3, -0.25) is 4.90 Å². The van der Waals surface area contributed by atoms with Gasteiger partial charge in [0.2, 0.25) is 0 Å². The normalized spacial score (nSPS) is 27.6. The van der Waals surface area contributed by atoms with Gasteiger partial charge >= 0.3 is 0 Å². The third kappa shape index (κ3) is 3.39. The van der Waals surface area contributed by atoms with Crippen LogP contribution in [-0.2, 0) is 6.42 Å². The lowest BCUT2D eigenvalue weighted by Crippen LogP contribution is -2.58. The van der Waals surface area contributed by atoms with Crippen LogP contribution in [0.2, 0.25) is 0 Å². The van der Waals surface area contributed by atoms with Crippen molar-refractivity contribution in [3.8, 4) is 11.8 Å². The van der Waals surface area contributed by atoms with E-state index in [4.69, 9.17) is 5.73 Å². The average molecular weight is 333 g/mol. The number of piperidine rings is 3. The highest BCUT2D eigenvalue weighted by molar-refractivity contribution is 5.46. The summed E-state index contributed by atoms with van der Waals surface area (Å²) in [6.07, 6.45) is 2.74. The van der Waals surface area contributed by atoms with Crippen LogP contribution < -0.4 is 5.73 Å². The minimum absolute atomic E-state index is 0.282. The number of anilines is 1. The molecule has 0 radical (unpaired) electrons. The number of nitrogen functional groups attached to an aromatic ring is 1. The van der Waals surface area contributed by atoms with Gasteiger partial charge in [-0.25, -0.2) is 4.98 Å². The van der Waals surface area contributed by atoms with Crippen LogP contribution in [0.5, 0.6) is 0 Å².